The van der Waals surface area contributed by atoms with Gasteiger partial charge in [0.2, 0.25) is 0 Å². The summed E-state index contributed by atoms with van der Waals surface area (Å²) in [6, 6.07) is 18.1. The van der Waals surface area contributed by atoms with Crippen molar-refractivity contribution in [1.29, 1.82) is 0 Å². The van der Waals surface area contributed by atoms with Crippen LogP contribution < -0.4 is 10.1 Å². The van der Waals surface area contributed by atoms with Crippen LogP contribution in [0.15, 0.2) is 54.6 Å². The maximum absolute atomic E-state index is 5.56. The Hall–Kier alpha value is -1.84. The maximum atomic E-state index is 5.56. The monoisotopic (exact) mass is 257 g/mol. The van der Waals surface area contributed by atoms with Gasteiger partial charge in [-0.3, -0.25) is 0 Å². The summed E-state index contributed by atoms with van der Waals surface area (Å²) in [5.41, 5.74) is 2.35. The number of hydrogen-bond acceptors (Lipinski definition) is 3. The maximum Gasteiger partial charge on any atom is 0.189 e. The van der Waals surface area contributed by atoms with Crippen molar-refractivity contribution in [2.45, 2.75) is 13.2 Å². The number of ether oxygens (including phenoxy) is 2. The van der Waals surface area contributed by atoms with Gasteiger partial charge in [-0.15, -0.1) is 0 Å². The van der Waals surface area contributed by atoms with Crippen LogP contribution in [0.3, 0.4) is 0 Å². The SMILES string of the molecule is CNCc1cccc(OCOCc2ccccc2)c1. The fraction of sp³-hybridized carbons (Fsp3) is 0.250. The van der Waals surface area contributed by atoms with Gasteiger partial charge in [-0.1, -0.05) is 42.5 Å². The first-order valence-corrected chi connectivity index (χ1v) is 6.36. The van der Waals surface area contributed by atoms with Crippen LogP contribution in [0, 0.1) is 0 Å². The Labute approximate surface area is 114 Å². The smallest absolute Gasteiger partial charge is 0.189 e. The standard InChI is InChI=1S/C16H19NO2/c1-17-11-15-8-5-9-16(10-15)19-13-18-12-14-6-3-2-4-7-14/h2-10,17H,11-13H2,1H3. The van der Waals surface area contributed by atoms with Gasteiger partial charge in [0.05, 0.1) is 6.61 Å². The van der Waals surface area contributed by atoms with Gasteiger partial charge < -0.3 is 14.8 Å². The second-order valence-electron chi connectivity index (χ2n) is 4.27. The largest absolute Gasteiger partial charge is 0.468 e. The van der Waals surface area contributed by atoms with Gasteiger partial charge in [0.15, 0.2) is 6.79 Å². The molecule has 2 aromatic rings. The van der Waals surface area contributed by atoms with Gasteiger partial charge in [0.25, 0.3) is 0 Å². The highest BCUT2D eigenvalue weighted by molar-refractivity contribution is 5.28. The fourth-order valence-corrected chi connectivity index (χ4v) is 1.79. The highest BCUT2D eigenvalue weighted by atomic mass is 16.7. The van der Waals surface area contributed by atoms with Crippen molar-refractivity contribution in [1.82, 2.24) is 5.32 Å². The van der Waals surface area contributed by atoms with Gasteiger partial charge in [0, 0.05) is 6.54 Å². The molecule has 0 aliphatic rings. The average molecular weight is 257 g/mol. The molecule has 0 radical (unpaired) electrons. The Kier molecular flexibility index (Phi) is 5.41. The Morgan fingerprint density at radius 3 is 2.53 bits per heavy atom. The van der Waals surface area contributed by atoms with Crippen LogP contribution in [0.5, 0.6) is 5.75 Å². The normalized spacial score (nSPS) is 10.4. The minimum absolute atomic E-state index is 0.262. The van der Waals surface area contributed by atoms with Crippen LogP contribution in [-0.4, -0.2) is 13.8 Å². The highest BCUT2D eigenvalue weighted by Gasteiger charge is 1.97. The molecule has 0 amide bonds. The first-order valence-electron chi connectivity index (χ1n) is 6.36. The molecule has 1 N–H and O–H groups in total. The first kappa shape index (κ1) is 13.6. The van der Waals surface area contributed by atoms with E-state index in [1.807, 2.05) is 55.6 Å². The lowest BCUT2D eigenvalue weighted by molar-refractivity contribution is 0.00501. The Morgan fingerprint density at radius 1 is 0.947 bits per heavy atom. The lowest BCUT2D eigenvalue weighted by Gasteiger charge is -2.08. The molecule has 0 saturated heterocycles. The van der Waals surface area contributed by atoms with Crippen LogP contribution >= 0.6 is 0 Å². The third kappa shape index (κ3) is 4.73. The third-order valence-corrected chi connectivity index (χ3v) is 2.70. The second kappa shape index (κ2) is 7.56. The van der Waals surface area contributed by atoms with E-state index in [0.29, 0.717) is 6.61 Å². The van der Waals surface area contributed by atoms with Crippen molar-refractivity contribution in [3.63, 3.8) is 0 Å². The fourth-order valence-electron chi connectivity index (χ4n) is 1.79. The topological polar surface area (TPSA) is 30.5 Å². The van der Waals surface area contributed by atoms with Gasteiger partial charge in [-0.25, -0.2) is 0 Å². The van der Waals surface area contributed by atoms with E-state index in [9.17, 15) is 0 Å². The van der Waals surface area contributed by atoms with E-state index in [1.54, 1.807) is 0 Å². The Balaban J connectivity index is 1.75. The van der Waals surface area contributed by atoms with Crippen molar-refractivity contribution in [2.75, 3.05) is 13.8 Å². The minimum atomic E-state index is 0.262. The van der Waals surface area contributed by atoms with Crippen LogP contribution in [0.2, 0.25) is 0 Å². The summed E-state index contributed by atoms with van der Waals surface area (Å²) >= 11 is 0. The third-order valence-electron chi connectivity index (χ3n) is 2.70. The number of hydrogen-bond donors (Lipinski definition) is 1. The van der Waals surface area contributed by atoms with E-state index < -0.39 is 0 Å². The molecule has 2 aromatic carbocycles. The molecule has 100 valence electrons. The second-order valence-corrected chi connectivity index (χ2v) is 4.27. The molecule has 0 saturated carbocycles. The zero-order valence-corrected chi connectivity index (χ0v) is 11.1. The predicted octanol–water partition coefficient (Wildman–Crippen LogP) is 2.96. The molecule has 3 nitrogen and oxygen atoms in total. The summed E-state index contributed by atoms with van der Waals surface area (Å²) in [6.07, 6.45) is 0. The zero-order chi connectivity index (χ0) is 13.3. The van der Waals surface area contributed by atoms with Crippen molar-refractivity contribution in [2.24, 2.45) is 0 Å². The van der Waals surface area contributed by atoms with Crippen LogP contribution in [0.25, 0.3) is 0 Å². The predicted molar refractivity (Wildman–Crippen MR) is 75.9 cm³/mol. The molecule has 0 aliphatic carbocycles. The van der Waals surface area contributed by atoms with Crippen molar-refractivity contribution in [3.8, 4) is 5.75 Å². The molecule has 2 rings (SSSR count). The minimum Gasteiger partial charge on any atom is -0.468 e. The van der Waals surface area contributed by atoms with Crippen LogP contribution in [0.1, 0.15) is 11.1 Å². The van der Waals surface area contributed by atoms with Gasteiger partial charge in [-0.2, -0.15) is 0 Å². The van der Waals surface area contributed by atoms with Crippen molar-refractivity contribution >= 4 is 0 Å². The molecular formula is C16H19NO2. The van der Waals surface area contributed by atoms with E-state index in [0.717, 1.165) is 17.9 Å². The summed E-state index contributed by atoms with van der Waals surface area (Å²) in [7, 11) is 1.93. The van der Waals surface area contributed by atoms with Gasteiger partial charge in [0.1, 0.15) is 5.75 Å². The van der Waals surface area contributed by atoms with E-state index in [4.69, 9.17) is 9.47 Å². The summed E-state index contributed by atoms with van der Waals surface area (Å²) in [6.45, 7) is 1.66. The summed E-state index contributed by atoms with van der Waals surface area (Å²) < 4.78 is 11.1. The molecule has 0 fully saturated rings. The van der Waals surface area contributed by atoms with E-state index in [2.05, 4.69) is 11.4 Å². The number of nitrogens with one attached hydrogen (secondary N) is 1. The number of rotatable bonds is 7. The van der Waals surface area contributed by atoms with Crippen molar-refractivity contribution in [3.05, 3.63) is 65.7 Å². The molecular weight excluding hydrogens is 238 g/mol. The lowest BCUT2D eigenvalue weighted by Crippen LogP contribution is -2.06. The van der Waals surface area contributed by atoms with Crippen molar-refractivity contribution < 1.29 is 9.47 Å². The van der Waals surface area contributed by atoms with Gasteiger partial charge in [-0.05, 0) is 30.3 Å². The molecule has 19 heavy (non-hydrogen) atoms. The quantitative estimate of drug-likeness (QED) is 0.611. The van der Waals surface area contributed by atoms with Gasteiger partial charge >= 0.3 is 0 Å². The number of benzene rings is 2. The van der Waals surface area contributed by atoms with E-state index >= 15 is 0 Å². The summed E-state index contributed by atoms with van der Waals surface area (Å²) in [5.74, 6) is 0.834. The lowest BCUT2D eigenvalue weighted by atomic mass is 10.2. The van der Waals surface area contributed by atoms with Crippen LogP contribution in [-0.2, 0) is 17.9 Å². The first-order chi connectivity index (χ1) is 9.38. The highest BCUT2D eigenvalue weighted by Crippen LogP contribution is 2.13. The van der Waals surface area contributed by atoms with Crippen LogP contribution in [0.4, 0.5) is 0 Å². The molecule has 0 heterocycles. The molecule has 0 spiro atoms. The average Bonchev–Trinajstić information content (AvgIpc) is 2.46. The van der Waals surface area contributed by atoms with E-state index in [1.165, 1.54) is 5.56 Å². The molecule has 0 atom stereocenters. The molecule has 0 bridgehead atoms. The Morgan fingerprint density at radius 2 is 1.74 bits per heavy atom. The molecule has 0 unspecified atom stereocenters. The molecule has 0 aromatic heterocycles. The summed E-state index contributed by atoms with van der Waals surface area (Å²) in [5, 5.41) is 3.11. The summed E-state index contributed by atoms with van der Waals surface area (Å²) in [4.78, 5) is 0. The molecule has 0 aliphatic heterocycles. The molecule has 3 heteroatoms. The van der Waals surface area contributed by atoms with E-state index in [-0.39, 0.29) is 6.79 Å². The zero-order valence-electron chi connectivity index (χ0n) is 11.1. The Bertz CT molecular complexity index is 485.